The highest BCUT2D eigenvalue weighted by Crippen LogP contribution is 2.54. The largest absolute Gasteiger partial charge is 0.427 e. The fraction of sp³-hybridized carbons (Fsp3) is 1.00. The van der Waals surface area contributed by atoms with Gasteiger partial charge in [-0.1, -0.05) is 58.3 Å². The van der Waals surface area contributed by atoms with Crippen molar-refractivity contribution in [1.29, 1.82) is 0 Å². The van der Waals surface area contributed by atoms with Gasteiger partial charge in [-0.3, -0.25) is 0 Å². The summed E-state index contributed by atoms with van der Waals surface area (Å²) in [6.07, 6.45) is 11.9. The van der Waals surface area contributed by atoms with E-state index < -0.39 is 0 Å². The van der Waals surface area contributed by atoms with Gasteiger partial charge in [0.15, 0.2) is 9.76 Å². The average molecular weight is 226 g/mol. The zero-order chi connectivity index (χ0) is 10.7. The molecule has 88 valence electrons. The van der Waals surface area contributed by atoms with Gasteiger partial charge in [-0.05, 0) is 16.9 Å². The van der Waals surface area contributed by atoms with Crippen molar-refractivity contribution in [2.75, 3.05) is 7.11 Å². The van der Waals surface area contributed by atoms with Gasteiger partial charge in [-0.2, -0.15) is 0 Å². The van der Waals surface area contributed by atoms with Gasteiger partial charge in [-0.15, -0.1) is 0 Å². The highest BCUT2D eigenvalue weighted by atomic mass is 28.2. The summed E-state index contributed by atoms with van der Waals surface area (Å²) in [6.45, 7) is 2.56. The summed E-state index contributed by atoms with van der Waals surface area (Å²) in [6, 6.07) is 0. The van der Waals surface area contributed by atoms with Crippen LogP contribution in [-0.4, -0.2) is 16.9 Å². The molecule has 0 spiro atoms. The molecule has 2 aliphatic rings. The van der Waals surface area contributed by atoms with E-state index in [-0.39, 0.29) is 9.76 Å². The Morgan fingerprint density at radius 1 is 0.933 bits per heavy atom. The standard InChI is InChI=1S/C13H26OSi/c1-13(15-14-2,11-7-3-4-8-11)12-9-5-6-10-12/h11-12H,3-10,15H2,1-2H3. The second-order valence-corrected chi connectivity index (χ2v) is 8.29. The third-order valence-corrected chi connectivity index (χ3v) is 7.10. The molecule has 0 bridgehead atoms. The smallest absolute Gasteiger partial charge is 0.167 e. The van der Waals surface area contributed by atoms with Crippen molar-refractivity contribution in [1.82, 2.24) is 0 Å². The van der Waals surface area contributed by atoms with Crippen molar-refractivity contribution >= 4 is 9.76 Å². The van der Waals surface area contributed by atoms with Gasteiger partial charge in [0.2, 0.25) is 0 Å². The summed E-state index contributed by atoms with van der Waals surface area (Å²) < 4.78 is 5.67. The summed E-state index contributed by atoms with van der Waals surface area (Å²) in [5, 5.41) is 0.627. The van der Waals surface area contributed by atoms with E-state index in [1.165, 1.54) is 51.4 Å². The van der Waals surface area contributed by atoms with Gasteiger partial charge >= 0.3 is 0 Å². The fourth-order valence-electron chi connectivity index (χ4n) is 4.05. The topological polar surface area (TPSA) is 9.23 Å². The Bertz CT molecular complexity index is 177. The minimum absolute atomic E-state index is 0.320. The molecule has 2 heteroatoms. The molecule has 15 heavy (non-hydrogen) atoms. The molecule has 2 saturated carbocycles. The molecule has 0 heterocycles. The van der Waals surface area contributed by atoms with Gasteiger partial charge in [0, 0.05) is 7.11 Å². The van der Waals surface area contributed by atoms with E-state index in [1.54, 1.807) is 0 Å². The lowest BCUT2D eigenvalue weighted by Gasteiger charge is -2.40. The molecule has 0 atom stereocenters. The lowest BCUT2D eigenvalue weighted by Crippen LogP contribution is -2.33. The van der Waals surface area contributed by atoms with Crippen LogP contribution in [0.1, 0.15) is 58.3 Å². The first-order valence-electron chi connectivity index (χ1n) is 6.76. The molecule has 0 amide bonds. The maximum atomic E-state index is 5.67. The van der Waals surface area contributed by atoms with Crippen LogP contribution in [0.5, 0.6) is 0 Å². The third kappa shape index (κ3) is 2.31. The molecule has 0 aliphatic heterocycles. The first kappa shape index (κ1) is 11.7. The van der Waals surface area contributed by atoms with Crippen LogP contribution in [-0.2, 0) is 4.43 Å². The van der Waals surface area contributed by atoms with E-state index in [1.807, 2.05) is 7.11 Å². The predicted molar refractivity (Wildman–Crippen MR) is 67.8 cm³/mol. The van der Waals surface area contributed by atoms with Crippen molar-refractivity contribution < 1.29 is 4.43 Å². The molecule has 0 unspecified atom stereocenters. The maximum absolute atomic E-state index is 5.67. The van der Waals surface area contributed by atoms with E-state index in [0.29, 0.717) is 5.04 Å². The fourth-order valence-corrected chi connectivity index (χ4v) is 5.96. The van der Waals surface area contributed by atoms with Crippen molar-refractivity contribution in [2.24, 2.45) is 11.8 Å². The molecule has 0 aromatic heterocycles. The molecule has 1 nitrogen and oxygen atoms in total. The summed E-state index contributed by atoms with van der Waals surface area (Å²) in [5.74, 6) is 2.01. The average Bonchev–Trinajstić information content (AvgIpc) is 2.92. The minimum Gasteiger partial charge on any atom is -0.427 e. The summed E-state index contributed by atoms with van der Waals surface area (Å²) >= 11 is 0. The SMILES string of the molecule is CO[SiH2]C(C)(C1CCCC1)C1CCCC1. The van der Waals surface area contributed by atoms with E-state index in [4.69, 9.17) is 4.43 Å². The minimum atomic E-state index is -0.320. The monoisotopic (exact) mass is 226 g/mol. The van der Waals surface area contributed by atoms with Crippen LogP contribution in [0.2, 0.25) is 5.04 Å². The van der Waals surface area contributed by atoms with E-state index in [2.05, 4.69) is 6.92 Å². The Morgan fingerprint density at radius 3 is 1.67 bits per heavy atom. The quantitative estimate of drug-likeness (QED) is 0.669. The van der Waals surface area contributed by atoms with Gasteiger partial charge in [0.25, 0.3) is 0 Å². The molecule has 2 fully saturated rings. The summed E-state index contributed by atoms with van der Waals surface area (Å²) in [7, 11) is 1.62. The molecule has 0 aromatic carbocycles. The van der Waals surface area contributed by atoms with E-state index in [9.17, 15) is 0 Å². The van der Waals surface area contributed by atoms with Crippen LogP contribution in [0.15, 0.2) is 0 Å². The number of rotatable bonds is 4. The van der Waals surface area contributed by atoms with Crippen molar-refractivity contribution in [3.63, 3.8) is 0 Å². The lowest BCUT2D eigenvalue weighted by molar-refractivity contribution is 0.241. The van der Waals surface area contributed by atoms with Crippen molar-refractivity contribution in [2.45, 2.75) is 63.3 Å². The van der Waals surface area contributed by atoms with Crippen LogP contribution >= 0.6 is 0 Å². The Kier molecular flexibility index (Phi) is 3.89. The zero-order valence-corrected chi connectivity index (χ0v) is 11.8. The maximum Gasteiger partial charge on any atom is 0.167 e. The van der Waals surface area contributed by atoms with Crippen LogP contribution in [0.4, 0.5) is 0 Å². The molecule has 2 rings (SSSR count). The Morgan fingerprint density at radius 2 is 1.33 bits per heavy atom. The molecular weight excluding hydrogens is 200 g/mol. The Hall–Kier alpha value is 0.177. The molecule has 2 aliphatic carbocycles. The first-order valence-corrected chi connectivity index (χ1v) is 8.05. The highest BCUT2D eigenvalue weighted by Gasteiger charge is 2.43. The molecular formula is C13H26OSi. The summed E-state index contributed by atoms with van der Waals surface area (Å²) in [5.41, 5.74) is 0. The van der Waals surface area contributed by atoms with Crippen molar-refractivity contribution in [3.8, 4) is 0 Å². The third-order valence-electron chi connectivity index (χ3n) is 5.03. The number of hydrogen-bond acceptors (Lipinski definition) is 1. The second-order valence-electron chi connectivity index (χ2n) is 5.90. The van der Waals surface area contributed by atoms with Crippen LogP contribution in [0, 0.1) is 11.8 Å². The van der Waals surface area contributed by atoms with Gasteiger partial charge < -0.3 is 4.43 Å². The van der Waals surface area contributed by atoms with Crippen LogP contribution in [0.3, 0.4) is 0 Å². The normalized spacial score (nSPS) is 26.0. The highest BCUT2D eigenvalue weighted by molar-refractivity contribution is 6.32. The molecule has 0 aromatic rings. The van der Waals surface area contributed by atoms with Gasteiger partial charge in [-0.25, -0.2) is 0 Å². The van der Waals surface area contributed by atoms with Crippen LogP contribution < -0.4 is 0 Å². The molecule has 0 radical (unpaired) electrons. The van der Waals surface area contributed by atoms with E-state index >= 15 is 0 Å². The second kappa shape index (κ2) is 5.01. The molecule has 0 N–H and O–H groups in total. The number of hydrogen-bond donors (Lipinski definition) is 0. The molecule has 0 saturated heterocycles. The van der Waals surface area contributed by atoms with Gasteiger partial charge in [0.1, 0.15) is 0 Å². The Balaban J connectivity index is 2.06. The lowest BCUT2D eigenvalue weighted by atomic mass is 9.79. The Labute approximate surface area is 96.9 Å². The summed E-state index contributed by atoms with van der Waals surface area (Å²) in [4.78, 5) is 0. The van der Waals surface area contributed by atoms with Crippen molar-refractivity contribution in [3.05, 3.63) is 0 Å². The van der Waals surface area contributed by atoms with E-state index in [0.717, 1.165) is 11.8 Å². The van der Waals surface area contributed by atoms with Gasteiger partial charge in [0.05, 0.1) is 0 Å². The predicted octanol–water partition coefficient (Wildman–Crippen LogP) is 3.28. The zero-order valence-electron chi connectivity index (χ0n) is 10.4. The first-order chi connectivity index (χ1) is 7.27. The van der Waals surface area contributed by atoms with Crippen LogP contribution in [0.25, 0.3) is 0 Å².